The molecule has 2 N–H and O–H groups in total. The summed E-state index contributed by atoms with van der Waals surface area (Å²) in [4.78, 5) is 10.9. The minimum absolute atomic E-state index is 0.140. The first-order chi connectivity index (χ1) is 9.08. The molecule has 2 aromatic rings. The number of rotatable bonds is 2. The van der Waals surface area contributed by atoms with Crippen LogP contribution in [0.25, 0.3) is 11.0 Å². The minimum atomic E-state index is -0.923. The van der Waals surface area contributed by atoms with Gasteiger partial charge < -0.3 is 14.8 Å². The summed E-state index contributed by atoms with van der Waals surface area (Å²) in [6.07, 6.45) is 1.55. The van der Waals surface area contributed by atoms with E-state index >= 15 is 0 Å². The fraction of sp³-hybridized carbons (Fsp3) is 0.308. The summed E-state index contributed by atoms with van der Waals surface area (Å²) in [6.45, 7) is 0.263. The second kappa shape index (κ2) is 4.31. The molecule has 1 aliphatic rings. The first-order valence-electron chi connectivity index (χ1n) is 5.89. The summed E-state index contributed by atoms with van der Waals surface area (Å²) < 4.78 is 32.6. The number of benzene rings is 1. The summed E-state index contributed by atoms with van der Waals surface area (Å²) in [5.41, 5.74) is 0.339. The molecule has 1 fully saturated rings. The maximum Gasteiger partial charge on any atom is 0.307 e. The number of aliphatic carboxylic acids is 1. The van der Waals surface area contributed by atoms with Crippen molar-refractivity contribution in [3.05, 3.63) is 35.6 Å². The van der Waals surface area contributed by atoms with E-state index in [9.17, 15) is 13.6 Å². The van der Waals surface area contributed by atoms with E-state index in [1.165, 1.54) is 12.3 Å². The molecule has 0 bridgehead atoms. The molecule has 2 unspecified atom stereocenters. The molecule has 0 saturated carbocycles. The third-order valence-electron chi connectivity index (χ3n) is 3.51. The molecule has 4 nitrogen and oxygen atoms in total. The lowest BCUT2D eigenvalue weighted by Gasteiger charge is -2.12. The van der Waals surface area contributed by atoms with Gasteiger partial charge in [0.05, 0.1) is 17.6 Å². The van der Waals surface area contributed by atoms with Crippen LogP contribution in [0.15, 0.2) is 22.8 Å². The number of halogens is 2. The molecule has 0 radical (unpaired) electrons. The topological polar surface area (TPSA) is 62.5 Å². The van der Waals surface area contributed by atoms with E-state index in [0.29, 0.717) is 0 Å². The monoisotopic (exact) mass is 267 g/mol. The zero-order valence-corrected chi connectivity index (χ0v) is 9.82. The Kier molecular flexibility index (Phi) is 2.74. The normalized spacial score (nSPS) is 23.1. The van der Waals surface area contributed by atoms with Crippen LogP contribution in [0.3, 0.4) is 0 Å². The summed E-state index contributed by atoms with van der Waals surface area (Å²) >= 11 is 0. The largest absolute Gasteiger partial charge is 0.481 e. The molecule has 1 aromatic heterocycles. The van der Waals surface area contributed by atoms with Crippen molar-refractivity contribution in [1.82, 2.24) is 5.32 Å². The molecule has 3 rings (SSSR count). The zero-order valence-electron chi connectivity index (χ0n) is 9.82. The van der Waals surface area contributed by atoms with Gasteiger partial charge in [0.25, 0.3) is 0 Å². The predicted molar refractivity (Wildman–Crippen MR) is 62.6 cm³/mol. The Morgan fingerprint density at radius 2 is 2.21 bits per heavy atom. The molecule has 6 heteroatoms. The Balaban J connectivity index is 2.06. The molecule has 1 saturated heterocycles. The van der Waals surface area contributed by atoms with Crippen LogP contribution in [-0.4, -0.2) is 17.6 Å². The van der Waals surface area contributed by atoms with Gasteiger partial charge in [-0.05, 0) is 12.5 Å². The van der Waals surface area contributed by atoms with E-state index in [0.717, 1.165) is 6.07 Å². The summed E-state index contributed by atoms with van der Waals surface area (Å²) in [5.74, 6) is -2.89. The quantitative estimate of drug-likeness (QED) is 0.877. The SMILES string of the molecule is O=C(O)C1CNC(c2c(F)cc(F)c3ccoc23)C1. The van der Waals surface area contributed by atoms with Crippen molar-refractivity contribution in [2.75, 3.05) is 6.54 Å². The number of nitrogens with one attached hydrogen (secondary N) is 1. The van der Waals surface area contributed by atoms with Gasteiger partial charge in [-0.25, -0.2) is 8.78 Å². The maximum atomic E-state index is 14.0. The molecule has 100 valence electrons. The lowest BCUT2D eigenvalue weighted by molar-refractivity contribution is -0.141. The van der Waals surface area contributed by atoms with E-state index in [1.807, 2.05) is 0 Å². The average molecular weight is 267 g/mol. The lowest BCUT2D eigenvalue weighted by Crippen LogP contribution is -2.17. The van der Waals surface area contributed by atoms with Gasteiger partial charge in [0, 0.05) is 24.2 Å². The highest BCUT2D eigenvalue weighted by atomic mass is 19.1. The molecule has 2 heterocycles. The van der Waals surface area contributed by atoms with Crippen LogP contribution in [0.5, 0.6) is 0 Å². The highest BCUT2D eigenvalue weighted by molar-refractivity contribution is 5.82. The first-order valence-corrected chi connectivity index (χ1v) is 5.89. The van der Waals surface area contributed by atoms with Crippen molar-refractivity contribution < 1.29 is 23.1 Å². The first kappa shape index (κ1) is 12.1. The molecule has 2 atom stereocenters. The Hall–Kier alpha value is -1.95. The zero-order chi connectivity index (χ0) is 13.6. The number of carbonyl (C=O) groups is 1. The van der Waals surface area contributed by atoms with Crippen LogP contribution in [-0.2, 0) is 4.79 Å². The van der Waals surface area contributed by atoms with Gasteiger partial charge >= 0.3 is 5.97 Å². The third kappa shape index (κ3) is 1.88. The van der Waals surface area contributed by atoms with Crippen molar-refractivity contribution in [2.45, 2.75) is 12.5 Å². The smallest absolute Gasteiger partial charge is 0.307 e. The second-order valence-corrected chi connectivity index (χ2v) is 4.65. The number of hydrogen-bond acceptors (Lipinski definition) is 3. The summed E-state index contributed by atoms with van der Waals surface area (Å²) in [7, 11) is 0. The molecular weight excluding hydrogens is 256 g/mol. The van der Waals surface area contributed by atoms with E-state index in [1.54, 1.807) is 0 Å². The Morgan fingerprint density at radius 3 is 2.89 bits per heavy atom. The molecule has 0 amide bonds. The average Bonchev–Trinajstić information content (AvgIpc) is 2.97. The van der Waals surface area contributed by atoms with E-state index < -0.39 is 29.6 Å². The van der Waals surface area contributed by atoms with Crippen LogP contribution in [0, 0.1) is 17.6 Å². The molecule has 0 aliphatic carbocycles. The van der Waals surface area contributed by atoms with Crippen molar-refractivity contribution >= 4 is 16.9 Å². The molecular formula is C13H11F2NO3. The minimum Gasteiger partial charge on any atom is -0.481 e. The van der Waals surface area contributed by atoms with E-state index in [-0.39, 0.29) is 29.5 Å². The van der Waals surface area contributed by atoms with Gasteiger partial charge in [-0.2, -0.15) is 0 Å². The van der Waals surface area contributed by atoms with Gasteiger partial charge in [-0.1, -0.05) is 0 Å². The van der Waals surface area contributed by atoms with Gasteiger partial charge in [0.1, 0.15) is 17.2 Å². The molecule has 1 aliphatic heterocycles. The Morgan fingerprint density at radius 1 is 1.42 bits per heavy atom. The highest BCUT2D eigenvalue weighted by Gasteiger charge is 2.33. The van der Waals surface area contributed by atoms with Crippen molar-refractivity contribution in [1.29, 1.82) is 0 Å². The maximum absolute atomic E-state index is 14.0. The summed E-state index contributed by atoms with van der Waals surface area (Å²) in [5, 5.41) is 12.1. The number of furan rings is 1. The van der Waals surface area contributed by atoms with Crippen LogP contribution in [0.1, 0.15) is 18.0 Å². The molecule has 1 aromatic carbocycles. The Labute approximate surface area is 107 Å². The van der Waals surface area contributed by atoms with Crippen LogP contribution in [0.2, 0.25) is 0 Å². The Bertz CT molecular complexity index is 653. The summed E-state index contributed by atoms with van der Waals surface area (Å²) in [6, 6.07) is 1.76. The van der Waals surface area contributed by atoms with Gasteiger partial charge in [0.2, 0.25) is 0 Å². The van der Waals surface area contributed by atoms with E-state index in [4.69, 9.17) is 9.52 Å². The van der Waals surface area contributed by atoms with Crippen molar-refractivity contribution in [2.24, 2.45) is 5.92 Å². The van der Waals surface area contributed by atoms with Crippen LogP contribution >= 0.6 is 0 Å². The van der Waals surface area contributed by atoms with Gasteiger partial charge in [-0.3, -0.25) is 4.79 Å². The fourth-order valence-electron chi connectivity index (χ4n) is 2.55. The van der Waals surface area contributed by atoms with Crippen LogP contribution < -0.4 is 5.32 Å². The van der Waals surface area contributed by atoms with Gasteiger partial charge in [0.15, 0.2) is 0 Å². The molecule has 0 spiro atoms. The fourth-order valence-corrected chi connectivity index (χ4v) is 2.55. The second-order valence-electron chi connectivity index (χ2n) is 4.65. The standard InChI is InChI=1S/C13H11F2NO3/c14-8-4-9(15)11(12-7(8)1-2-19-12)10-3-6(5-16-10)13(17)18/h1-2,4,6,10,16H,3,5H2,(H,17,18). The number of carboxylic acids is 1. The number of carboxylic acid groups (broad SMARTS) is 1. The van der Waals surface area contributed by atoms with Crippen molar-refractivity contribution in [3.8, 4) is 0 Å². The van der Waals surface area contributed by atoms with Gasteiger partial charge in [-0.15, -0.1) is 0 Å². The van der Waals surface area contributed by atoms with Crippen molar-refractivity contribution in [3.63, 3.8) is 0 Å². The third-order valence-corrected chi connectivity index (χ3v) is 3.51. The molecule has 19 heavy (non-hydrogen) atoms. The number of fused-ring (bicyclic) bond motifs is 1. The lowest BCUT2D eigenvalue weighted by atomic mass is 9.98. The van der Waals surface area contributed by atoms with E-state index in [2.05, 4.69) is 5.32 Å². The predicted octanol–water partition coefficient (Wildman–Crippen LogP) is 2.45. The highest BCUT2D eigenvalue weighted by Crippen LogP contribution is 2.35. The van der Waals surface area contributed by atoms with Crippen LogP contribution in [0.4, 0.5) is 8.78 Å². The number of hydrogen-bond donors (Lipinski definition) is 2.